The van der Waals surface area contributed by atoms with E-state index in [-0.39, 0.29) is 11.7 Å². The van der Waals surface area contributed by atoms with E-state index in [0.717, 1.165) is 5.56 Å². The van der Waals surface area contributed by atoms with Crippen LogP contribution in [0.3, 0.4) is 0 Å². The molecule has 1 aromatic carbocycles. The predicted molar refractivity (Wildman–Crippen MR) is 59.1 cm³/mol. The van der Waals surface area contributed by atoms with Gasteiger partial charge in [0.1, 0.15) is 0 Å². The third-order valence-electron chi connectivity index (χ3n) is 2.06. The van der Waals surface area contributed by atoms with E-state index in [1.807, 2.05) is 13.8 Å². The fourth-order valence-electron chi connectivity index (χ4n) is 1.15. The van der Waals surface area contributed by atoms with E-state index in [1.165, 1.54) is 12.1 Å². The predicted octanol–water partition coefficient (Wildman–Crippen LogP) is 2.39. The summed E-state index contributed by atoms with van der Waals surface area (Å²) in [6.07, 6.45) is 0. The first kappa shape index (κ1) is 14.1. The standard InChI is InChI=1S/C10H14FO5P/c1-7(2)8-3-4-10(9(11)5-8)15-6-16-17(12,13)14/h3-5,7H,6H2,1-2H3,(H2,12,13,14). The van der Waals surface area contributed by atoms with Gasteiger partial charge in [-0.1, -0.05) is 19.9 Å². The van der Waals surface area contributed by atoms with E-state index < -0.39 is 20.4 Å². The molecule has 5 nitrogen and oxygen atoms in total. The van der Waals surface area contributed by atoms with Crippen LogP contribution >= 0.6 is 7.82 Å². The lowest BCUT2D eigenvalue weighted by atomic mass is 10.0. The molecule has 0 unspecified atom stereocenters. The van der Waals surface area contributed by atoms with Crippen LogP contribution in [0.25, 0.3) is 0 Å². The minimum atomic E-state index is -4.59. The summed E-state index contributed by atoms with van der Waals surface area (Å²) in [4.78, 5) is 16.8. The summed E-state index contributed by atoms with van der Waals surface area (Å²) in [5, 5.41) is 0. The van der Waals surface area contributed by atoms with Crippen LogP contribution in [0.2, 0.25) is 0 Å². The second-order valence-corrected chi connectivity index (χ2v) is 4.97. The van der Waals surface area contributed by atoms with Gasteiger partial charge in [0.2, 0.25) is 6.79 Å². The Bertz CT molecular complexity index is 429. The van der Waals surface area contributed by atoms with Crippen LogP contribution in [0.4, 0.5) is 4.39 Å². The summed E-state index contributed by atoms with van der Waals surface area (Å²) < 4.78 is 32.6. The molecular formula is C10H14FO5P. The van der Waals surface area contributed by atoms with Gasteiger partial charge in [0, 0.05) is 0 Å². The quantitative estimate of drug-likeness (QED) is 0.630. The third-order valence-corrected chi connectivity index (χ3v) is 2.50. The van der Waals surface area contributed by atoms with Gasteiger partial charge in [0.05, 0.1) is 0 Å². The first-order chi connectivity index (χ1) is 7.79. The van der Waals surface area contributed by atoms with Crippen molar-refractivity contribution in [2.24, 2.45) is 0 Å². The number of hydrogen-bond donors (Lipinski definition) is 2. The van der Waals surface area contributed by atoms with Crippen molar-refractivity contribution >= 4 is 7.82 Å². The van der Waals surface area contributed by atoms with Crippen LogP contribution in [-0.4, -0.2) is 16.6 Å². The van der Waals surface area contributed by atoms with Gasteiger partial charge in [0.15, 0.2) is 11.6 Å². The molecule has 1 aromatic rings. The number of benzene rings is 1. The van der Waals surface area contributed by atoms with Gasteiger partial charge in [-0.2, -0.15) is 0 Å². The molecule has 96 valence electrons. The Kier molecular flexibility index (Phi) is 4.65. The van der Waals surface area contributed by atoms with Crippen molar-refractivity contribution in [3.05, 3.63) is 29.6 Å². The Morgan fingerprint density at radius 1 is 1.41 bits per heavy atom. The molecule has 0 fully saturated rings. The van der Waals surface area contributed by atoms with Crippen molar-refractivity contribution in [2.75, 3.05) is 6.79 Å². The van der Waals surface area contributed by atoms with Crippen molar-refractivity contribution in [3.8, 4) is 5.75 Å². The lowest BCUT2D eigenvalue weighted by Crippen LogP contribution is -2.03. The minimum Gasteiger partial charge on any atom is -0.464 e. The Balaban J connectivity index is 2.64. The van der Waals surface area contributed by atoms with E-state index in [0.29, 0.717) is 0 Å². The van der Waals surface area contributed by atoms with Crippen molar-refractivity contribution in [1.29, 1.82) is 0 Å². The molecule has 0 aromatic heterocycles. The molecule has 0 aliphatic rings. The smallest absolute Gasteiger partial charge is 0.464 e. The largest absolute Gasteiger partial charge is 0.472 e. The zero-order chi connectivity index (χ0) is 13.1. The molecule has 0 atom stereocenters. The molecule has 0 amide bonds. The Hall–Kier alpha value is -0.940. The highest BCUT2D eigenvalue weighted by atomic mass is 31.2. The third kappa shape index (κ3) is 4.83. The summed E-state index contributed by atoms with van der Waals surface area (Å²) in [5.41, 5.74) is 0.811. The normalized spacial score (nSPS) is 11.9. The van der Waals surface area contributed by atoms with Crippen LogP contribution < -0.4 is 4.74 Å². The van der Waals surface area contributed by atoms with Gasteiger partial charge in [-0.15, -0.1) is 0 Å². The van der Waals surface area contributed by atoms with E-state index >= 15 is 0 Å². The number of ether oxygens (including phenoxy) is 1. The maximum absolute atomic E-state index is 13.5. The summed E-state index contributed by atoms with van der Waals surface area (Å²) in [6, 6.07) is 4.39. The zero-order valence-electron chi connectivity index (χ0n) is 9.46. The average Bonchev–Trinajstić information content (AvgIpc) is 2.18. The topological polar surface area (TPSA) is 76.0 Å². The summed E-state index contributed by atoms with van der Waals surface area (Å²) in [5.74, 6) is -0.515. The van der Waals surface area contributed by atoms with Crippen molar-refractivity contribution in [3.63, 3.8) is 0 Å². The molecule has 0 saturated carbocycles. The SMILES string of the molecule is CC(C)c1ccc(OCOP(=O)(O)O)c(F)c1. The number of phosphoric ester groups is 1. The van der Waals surface area contributed by atoms with E-state index in [9.17, 15) is 8.96 Å². The summed E-state index contributed by atoms with van der Waals surface area (Å²) in [7, 11) is -4.59. The van der Waals surface area contributed by atoms with Gasteiger partial charge in [-0.3, -0.25) is 0 Å². The highest BCUT2D eigenvalue weighted by Crippen LogP contribution is 2.35. The van der Waals surface area contributed by atoms with Gasteiger partial charge in [0.25, 0.3) is 0 Å². The highest BCUT2D eigenvalue weighted by molar-refractivity contribution is 7.46. The Morgan fingerprint density at radius 3 is 2.53 bits per heavy atom. The van der Waals surface area contributed by atoms with Gasteiger partial charge < -0.3 is 14.5 Å². The van der Waals surface area contributed by atoms with Crippen molar-refractivity contribution in [2.45, 2.75) is 19.8 Å². The number of rotatable bonds is 5. The molecule has 0 radical (unpaired) electrons. The molecular weight excluding hydrogens is 250 g/mol. The molecule has 1 rings (SSSR count). The molecule has 7 heteroatoms. The number of halogens is 1. The lowest BCUT2D eigenvalue weighted by Gasteiger charge is -2.10. The van der Waals surface area contributed by atoms with E-state index in [2.05, 4.69) is 4.52 Å². The molecule has 0 aliphatic heterocycles. The molecule has 0 saturated heterocycles. The Morgan fingerprint density at radius 2 is 2.06 bits per heavy atom. The first-order valence-corrected chi connectivity index (χ1v) is 6.45. The van der Waals surface area contributed by atoms with Crippen molar-refractivity contribution < 1.29 is 28.0 Å². The summed E-state index contributed by atoms with van der Waals surface area (Å²) in [6.45, 7) is 3.14. The van der Waals surface area contributed by atoms with Gasteiger partial charge in [-0.05, 0) is 23.6 Å². The van der Waals surface area contributed by atoms with E-state index in [1.54, 1.807) is 6.07 Å². The van der Waals surface area contributed by atoms with Crippen LogP contribution in [0.5, 0.6) is 5.75 Å². The average molecular weight is 264 g/mol. The maximum atomic E-state index is 13.5. The van der Waals surface area contributed by atoms with Crippen LogP contribution in [0, 0.1) is 5.82 Å². The fraction of sp³-hybridized carbons (Fsp3) is 0.400. The second-order valence-electron chi connectivity index (χ2n) is 3.73. The maximum Gasteiger partial charge on any atom is 0.472 e. The number of phosphoric acid groups is 1. The monoisotopic (exact) mass is 264 g/mol. The number of hydrogen-bond acceptors (Lipinski definition) is 3. The highest BCUT2D eigenvalue weighted by Gasteiger charge is 2.14. The molecule has 0 heterocycles. The minimum absolute atomic E-state index is 0.108. The molecule has 0 spiro atoms. The first-order valence-electron chi connectivity index (χ1n) is 4.92. The summed E-state index contributed by atoms with van der Waals surface area (Å²) >= 11 is 0. The van der Waals surface area contributed by atoms with Crippen molar-refractivity contribution in [1.82, 2.24) is 0 Å². The molecule has 0 aliphatic carbocycles. The lowest BCUT2D eigenvalue weighted by molar-refractivity contribution is 0.0798. The van der Waals surface area contributed by atoms with Crippen LogP contribution in [-0.2, 0) is 9.09 Å². The second kappa shape index (κ2) is 5.60. The molecule has 17 heavy (non-hydrogen) atoms. The Labute approximate surface area is 98.4 Å². The van der Waals surface area contributed by atoms with E-state index in [4.69, 9.17) is 14.5 Å². The fourth-order valence-corrected chi connectivity index (χ4v) is 1.34. The molecule has 0 bridgehead atoms. The van der Waals surface area contributed by atoms with Crippen LogP contribution in [0.1, 0.15) is 25.3 Å². The van der Waals surface area contributed by atoms with Crippen LogP contribution in [0.15, 0.2) is 18.2 Å². The van der Waals surface area contributed by atoms with Gasteiger partial charge >= 0.3 is 7.82 Å². The van der Waals surface area contributed by atoms with Gasteiger partial charge in [-0.25, -0.2) is 13.5 Å². The molecule has 2 N–H and O–H groups in total. The zero-order valence-corrected chi connectivity index (χ0v) is 10.4.